The molecule has 182 valence electrons. The fourth-order valence-electron chi connectivity index (χ4n) is 4.04. The van der Waals surface area contributed by atoms with Gasteiger partial charge in [0, 0.05) is 11.8 Å². The van der Waals surface area contributed by atoms with Gasteiger partial charge in [-0.2, -0.15) is 0 Å². The van der Waals surface area contributed by atoms with E-state index in [-0.39, 0.29) is 30.2 Å². The summed E-state index contributed by atoms with van der Waals surface area (Å²) in [4.78, 5) is 16.4. The van der Waals surface area contributed by atoms with Crippen LogP contribution < -0.4 is 4.74 Å². The van der Waals surface area contributed by atoms with Crippen LogP contribution in [-0.4, -0.2) is 17.6 Å². The Kier molecular flexibility index (Phi) is 7.40. The third-order valence-electron chi connectivity index (χ3n) is 5.59. The molecule has 0 unspecified atom stereocenters. The van der Waals surface area contributed by atoms with Gasteiger partial charge >= 0.3 is 5.97 Å². The molecule has 0 amide bonds. The Morgan fingerprint density at radius 1 is 1.00 bits per heavy atom. The Morgan fingerprint density at radius 3 is 2.43 bits per heavy atom. The second kappa shape index (κ2) is 10.5. The van der Waals surface area contributed by atoms with Gasteiger partial charge in [-0.05, 0) is 78.8 Å². The molecule has 4 nitrogen and oxygen atoms in total. The summed E-state index contributed by atoms with van der Waals surface area (Å²) in [6, 6.07) is 7.62. The van der Waals surface area contributed by atoms with Crippen molar-refractivity contribution in [1.29, 1.82) is 0 Å². The highest BCUT2D eigenvalue weighted by atomic mass is 35.5. The second-order valence-corrected chi connectivity index (χ2v) is 8.33. The van der Waals surface area contributed by atoms with E-state index in [1.54, 1.807) is 19.1 Å². The van der Waals surface area contributed by atoms with Crippen molar-refractivity contribution in [2.45, 2.75) is 32.8 Å². The topological polar surface area (TPSA) is 48.4 Å². The molecule has 3 aromatic rings. The molecule has 0 saturated heterocycles. The van der Waals surface area contributed by atoms with E-state index in [0.717, 1.165) is 29.7 Å². The first-order valence-electron chi connectivity index (χ1n) is 10.9. The van der Waals surface area contributed by atoms with E-state index in [4.69, 9.17) is 21.1 Å². The molecule has 1 heterocycles. The number of hydrogen-bond acceptors (Lipinski definition) is 4. The second-order valence-electron chi connectivity index (χ2n) is 7.89. The Labute approximate surface area is 204 Å². The molecular weight excluding hydrogens is 486 g/mol. The first-order valence-corrected chi connectivity index (χ1v) is 11.3. The van der Waals surface area contributed by atoms with Crippen LogP contribution in [0.1, 0.15) is 53.2 Å². The zero-order valence-corrected chi connectivity index (χ0v) is 19.4. The lowest BCUT2D eigenvalue weighted by Gasteiger charge is -2.15. The van der Waals surface area contributed by atoms with Gasteiger partial charge < -0.3 is 9.47 Å². The maximum atomic E-state index is 14.3. The van der Waals surface area contributed by atoms with Crippen LogP contribution in [0, 0.1) is 23.3 Å². The summed E-state index contributed by atoms with van der Waals surface area (Å²) >= 11 is 6.20. The zero-order chi connectivity index (χ0) is 25.1. The maximum Gasteiger partial charge on any atom is 0.341 e. The fourth-order valence-corrected chi connectivity index (χ4v) is 4.20. The number of benzene rings is 2. The number of hydrogen-bond donors (Lipinski definition) is 0. The molecule has 2 aromatic carbocycles. The van der Waals surface area contributed by atoms with E-state index >= 15 is 0 Å². The summed E-state index contributed by atoms with van der Waals surface area (Å²) in [5.74, 6) is -5.45. The number of carbonyl (C=O) groups is 1. The maximum absolute atomic E-state index is 14.3. The summed E-state index contributed by atoms with van der Waals surface area (Å²) in [6.07, 6.45) is 3.46. The Morgan fingerprint density at radius 2 is 1.71 bits per heavy atom. The lowest BCUT2D eigenvalue weighted by molar-refractivity contribution is 0.0521. The van der Waals surface area contributed by atoms with Crippen molar-refractivity contribution < 1.29 is 31.8 Å². The van der Waals surface area contributed by atoms with Crippen molar-refractivity contribution in [2.24, 2.45) is 0 Å². The number of carbonyl (C=O) groups excluding carboxylic acids is 1. The first-order chi connectivity index (χ1) is 16.8. The summed E-state index contributed by atoms with van der Waals surface area (Å²) in [6.45, 7) is 1.49. The average Bonchev–Trinajstić information content (AvgIpc) is 3.32. The number of nitrogens with zero attached hydrogens (tertiary/aromatic N) is 1. The number of aromatic nitrogens is 1. The van der Waals surface area contributed by atoms with Gasteiger partial charge in [-0.1, -0.05) is 17.7 Å². The third kappa shape index (κ3) is 5.32. The highest BCUT2D eigenvalue weighted by Crippen LogP contribution is 2.43. The van der Waals surface area contributed by atoms with Crippen molar-refractivity contribution >= 4 is 28.7 Å². The van der Waals surface area contributed by atoms with E-state index in [1.165, 1.54) is 18.3 Å². The minimum atomic E-state index is -1.55. The zero-order valence-electron chi connectivity index (χ0n) is 18.6. The van der Waals surface area contributed by atoms with Crippen molar-refractivity contribution in [2.75, 3.05) is 6.61 Å². The lowest BCUT2D eigenvalue weighted by atomic mass is 9.96. The highest BCUT2D eigenvalue weighted by Gasteiger charge is 2.24. The number of halogens is 5. The molecular formula is C26H20ClF4NO3. The smallest absolute Gasteiger partial charge is 0.341 e. The molecule has 0 atom stereocenters. The van der Waals surface area contributed by atoms with Crippen LogP contribution in [-0.2, 0) is 11.3 Å². The van der Waals surface area contributed by atoms with Gasteiger partial charge in [-0.3, -0.25) is 0 Å². The standard InChI is InChI=1S/C26H20ClF4NO3/c1-2-34-26(33)20-10-15(6-7-21(20)28)17-4-3-5-18(17)19-11-16(27)12-32-25(19)35-13-14-8-22(29)24(31)23(30)9-14/h6-12H,2-5,13H2,1H3. The van der Waals surface area contributed by atoms with E-state index < -0.39 is 29.2 Å². The van der Waals surface area contributed by atoms with Crippen LogP contribution in [0.25, 0.3) is 11.1 Å². The Hall–Kier alpha value is -3.39. The number of ether oxygens (including phenoxy) is 2. The molecule has 1 aliphatic rings. The number of esters is 1. The molecule has 35 heavy (non-hydrogen) atoms. The highest BCUT2D eigenvalue weighted by molar-refractivity contribution is 6.30. The largest absolute Gasteiger partial charge is 0.472 e. The molecule has 0 saturated carbocycles. The minimum absolute atomic E-state index is 0.0855. The van der Waals surface area contributed by atoms with Crippen molar-refractivity contribution in [3.63, 3.8) is 0 Å². The van der Waals surface area contributed by atoms with E-state index in [0.29, 0.717) is 29.0 Å². The molecule has 0 radical (unpaired) electrons. The monoisotopic (exact) mass is 505 g/mol. The predicted molar refractivity (Wildman–Crippen MR) is 123 cm³/mol. The van der Waals surface area contributed by atoms with Crippen LogP contribution in [0.5, 0.6) is 5.88 Å². The van der Waals surface area contributed by atoms with Crippen LogP contribution >= 0.6 is 11.6 Å². The molecule has 4 rings (SSSR count). The minimum Gasteiger partial charge on any atom is -0.472 e. The third-order valence-corrected chi connectivity index (χ3v) is 5.80. The summed E-state index contributed by atoms with van der Waals surface area (Å²) < 4.78 is 65.4. The van der Waals surface area contributed by atoms with Crippen LogP contribution in [0.3, 0.4) is 0 Å². The molecule has 1 aliphatic carbocycles. The Balaban J connectivity index is 1.71. The average molecular weight is 506 g/mol. The fraction of sp³-hybridized carbons (Fsp3) is 0.231. The summed E-state index contributed by atoms with van der Waals surface area (Å²) in [7, 11) is 0. The van der Waals surface area contributed by atoms with Crippen LogP contribution in [0.4, 0.5) is 17.6 Å². The van der Waals surface area contributed by atoms with Crippen molar-refractivity contribution in [3.05, 3.63) is 93.1 Å². The van der Waals surface area contributed by atoms with E-state index in [2.05, 4.69) is 4.98 Å². The van der Waals surface area contributed by atoms with Crippen molar-refractivity contribution in [3.8, 4) is 5.88 Å². The summed E-state index contributed by atoms with van der Waals surface area (Å²) in [5.41, 5.74) is 2.84. The number of allylic oxidation sites excluding steroid dienone is 2. The van der Waals surface area contributed by atoms with Crippen molar-refractivity contribution in [1.82, 2.24) is 4.98 Å². The lowest BCUT2D eigenvalue weighted by Crippen LogP contribution is -2.08. The quantitative estimate of drug-likeness (QED) is 0.194. The van der Waals surface area contributed by atoms with Gasteiger partial charge in [-0.25, -0.2) is 27.3 Å². The molecule has 0 fully saturated rings. The molecule has 1 aromatic heterocycles. The molecule has 0 N–H and O–H groups in total. The van der Waals surface area contributed by atoms with Gasteiger partial charge in [0.15, 0.2) is 17.5 Å². The molecule has 9 heteroatoms. The van der Waals surface area contributed by atoms with Gasteiger partial charge in [0.2, 0.25) is 5.88 Å². The van der Waals surface area contributed by atoms with Gasteiger partial charge in [0.05, 0.1) is 17.2 Å². The molecule has 0 spiro atoms. The van der Waals surface area contributed by atoms with E-state index in [1.807, 2.05) is 0 Å². The normalized spacial score (nSPS) is 13.3. The number of pyridine rings is 1. The van der Waals surface area contributed by atoms with Gasteiger partial charge in [-0.15, -0.1) is 0 Å². The Bertz CT molecular complexity index is 1300. The van der Waals surface area contributed by atoms with Gasteiger partial charge in [0.1, 0.15) is 12.4 Å². The molecule has 0 aliphatic heterocycles. The summed E-state index contributed by atoms with van der Waals surface area (Å²) in [5, 5.41) is 0.344. The number of rotatable bonds is 7. The first kappa shape index (κ1) is 24.7. The van der Waals surface area contributed by atoms with Crippen LogP contribution in [0.15, 0.2) is 42.6 Å². The predicted octanol–water partition coefficient (Wildman–Crippen LogP) is 7.14. The SMILES string of the molecule is CCOC(=O)c1cc(C2=C(c3cc(Cl)cnc3OCc3cc(F)c(F)c(F)c3)CCC2)ccc1F. The van der Waals surface area contributed by atoms with Crippen LogP contribution in [0.2, 0.25) is 5.02 Å². The molecule has 0 bridgehead atoms. The van der Waals surface area contributed by atoms with E-state index in [9.17, 15) is 22.4 Å². The van der Waals surface area contributed by atoms with Gasteiger partial charge in [0.25, 0.3) is 0 Å².